The predicted molar refractivity (Wildman–Crippen MR) is 48.7 cm³/mol. The summed E-state index contributed by atoms with van der Waals surface area (Å²) in [6.07, 6.45) is 0.736. The van der Waals surface area contributed by atoms with Crippen LogP contribution in [0.5, 0.6) is 0 Å². The second-order valence-corrected chi connectivity index (χ2v) is 3.12. The number of benzene rings is 1. The smallest absolute Gasteiger partial charge is 0.221 e. The summed E-state index contributed by atoms with van der Waals surface area (Å²) in [5, 5.41) is 2.57. The van der Waals surface area contributed by atoms with Crippen LogP contribution in [-0.2, 0) is 4.79 Å². The largest absolute Gasteiger partial charge is 0.356 e. The van der Waals surface area contributed by atoms with Crippen molar-refractivity contribution in [3.8, 4) is 0 Å². The van der Waals surface area contributed by atoms with E-state index >= 15 is 0 Å². The first-order valence-electron chi connectivity index (χ1n) is 4.38. The van der Waals surface area contributed by atoms with Crippen molar-refractivity contribution < 1.29 is 18.0 Å². The second kappa shape index (κ2) is 4.82. The molecule has 15 heavy (non-hydrogen) atoms. The van der Waals surface area contributed by atoms with Crippen molar-refractivity contribution in [3.63, 3.8) is 0 Å². The fourth-order valence-corrected chi connectivity index (χ4v) is 0.849. The van der Waals surface area contributed by atoms with E-state index in [0.717, 1.165) is 19.0 Å². The van der Waals surface area contributed by atoms with Gasteiger partial charge < -0.3 is 5.32 Å². The van der Waals surface area contributed by atoms with E-state index in [0.29, 0.717) is 6.07 Å². The van der Waals surface area contributed by atoms with Crippen LogP contribution in [-0.4, -0.2) is 12.5 Å². The lowest BCUT2D eigenvalue weighted by Gasteiger charge is -2.10. The predicted octanol–water partition coefficient (Wildman–Crippen LogP) is 1.92. The SMILES string of the molecule is Cc1cc(F)c(F)cc1F.O=C1CCN1. The third kappa shape index (κ3) is 3.27. The number of carbonyl (C=O) groups is 1. The number of amides is 1. The van der Waals surface area contributed by atoms with Crippen LogP contribution < -0.4 is 5.32 Å². The van der Waals surface area contributed by atoms with Crippen LogP contribution in [0.15, 0.2) is 12.1 Å². The van der Waals surface area contributed by atoms with Crippen LogP contribution >= 0.6 is 0 Å². The van der Waals surface area contributed by atoms with Crippen LogP contribution in [0.3, 0.4) is 0 Å². The highest BCUT2D eigenvalue weighted by molar-refractivity contribution is 5.81. The van der Waals surface area contributed by atoms with E-state index in [-0.39, 0.29) is 11.5 Å². The zero-order valence-electron chi connectivity index (χ0n) is 8.11. The van der Waals surface area contributed by atoms with Gasteiger partial charge in [0.15, 0.2) is 11.6 Å². The maximum atomic E-state index is 12.4. The lowest BCUT2D eigenvalue weighted by atomic mass is 10.2. The van der Waals surface area contributed by atoms with E-state index in [1.54, 1.807) is 0 Å². The summed E-state index contributed by atoms with van der Waals surface area (Å²) in [4.78, 5) is 9.79. The summed E-state index contributed by atoms with van der Waals surface area (Å²) in [6.45, 7) is 2.26. The summed E-state index contributed by atoms with van der Waals surface area (Å²) >= 11 is 0. The third-order valence-electron chi connectivity index (χ3n) is 1.88. The highest BCUT2D eigenvalue weighted by atomic mass is 19.2. The van der Waals surface area contributed by atoms with E-state index in [1.165, 1.54) is 6.92 Å². The number of rotatable bonds is 0. The van der Waals surface area contributed by atoms with Crippen LogP contribution in [0, 0.1) is 24.4 Å². The molecule has 1 aliphatic heterocycles. The van der Waals surface area contributed by atoms with Crippen molar-refractivity contribution in [2.45, 2.75) is 13.3 Å². The van der Waals surface area contributed by atoms with Gasteiger partial charge in [-0.1, -0.05) is 0 Å². The molecule has 1 aromatic rings. The average Bonchev–Trinajstić information content (AvgIpc) is 2.13. The Balaban J connectivity index is 0.000000187. The Bertz CT molecular complexity index is 323. The van der Waals surface area contributed by atoms with E-state index < -0.39 is 17.5 Å². The average molecular weight is 217 g/mol. The standard InChI is InChI=1S/C7H5F3.C3H5NO/c1-4-2-6(9)7(10)3-5(4)8;5-3-1-2-4-3/h2-3H,1H3;1-2H2,(H,4,5). The molecular weight excluding hydrogens is 207 g/mol. The van der Waals surface area contributed by atoms with E-state index in [4.69, 9.17) is 0 Å². The Kier molecular flexibility index (Phi) is 3.71. The van der Waals surface area contributed by atoms with Gasteiger partial charge in [-0.15, -0.1) is 0 Å². The Morgan fingerprint density at radius 3 is 1.93 bits per heavy atom. The van der Waals surface area contributed by atoms with Crippen molar-refractivity contribution in [1.82, 2.24) is 5.32 Å². The molecule has 1 heterocycles. The quantitative estimate of drug-likeness (QED) is 0.522. The van der Waals surface area contributed by atoms with Gasteiger partial charge in [-0.3, -0.25) is 4.79 Å². The zero-order valence-corrected chi connectivity index (χ0v) is 8.11. The van der Waals surface area contributed by atoms with Gasteiger partial charge in [-0.2, -0.15) is 0 Å². The molecule has 82 valence electrons. The molecule has 2 nitrogen and oxygen atoms in total. The highest BCUT2D eigenvalue weighted by Crippen LogP contribution is 2.11. The molecule has 0 radical (unpaired) electrons. The fraction of sp³-hybridized carbons (Fsp3) is 0.300. The molecule has 1 amide bonds. The molecule has 0 bridgehead atoms. The number of aryl methyl sites for hydroxylation is 1. The monoisotopic (exact) mass is 217 g/mol. The lowest BCUT2D eigenvalue weighted by molar-refractivity contribution is -0.125. The molecule has 2 rings (SSSR count). The fourth-order valence-electron chi connectivity index (χ4n) is 0.849. The van der Waals surface area contributed by atoms with Gasteiger partial charge in [0.1, 0.15) is 5.82 Å². The first-order chi connectivity index (χ1) is 7.00. The molecule has 0 aromatic heterocycles. The number of hydrogen-bond acceptors (Lipinski definition) is 1. The number of carbonyl (C=O) groups excluding carboxylic acids is 1. The van der Waals surface area contributed by atoms with Gasteiger partial charge in [0.25, 0.3) is 0 Å². The Hall–Kier alpha value is -1.52. The van der Waals surface area contributed by atoms with Crippen molar-refractivity contribution in [1.29, 1.82) is 0 Å². The van der Waals surface area contributed by atoms with Gasteiger partial charge >= 0.3 is 0 Å². The molecule has 0 atom stereocenters. The summed E-state index contributed by atoms with van der Waals surface area (Å²) < 4.78 is 36.7. The maximum absolute atomic E-state index is 12.4. The Labute approximate surface area is 85.1 Å². The van der Waals surface area contributed by atoms with Gasteiger partial charge in [0, 0.05) is 19.0 Å². The van der Waals surface area contributed by atoms with Crippen molar-refractivity contribution in [2.75, 3.05) is 6.54 Å². The Morgan fingerprint density at radius 2 is 1.60 bits per heavy atom. The summed E-state index contributed by atoms with van der Waals surface area (Å²) in [7, 11) is 0. The van der Waals surface area contributed by atoms with Gasteiger partial charge in [-0.05, 0) is 18.6 Å². The first kappa shape index (κ1) is 11.6. The Morgan fingerprint density at radius 1 is 1.13 bits per heavy atom. The molecular formula is C10H10F3NO. The summed E-state index contributed by atoms with van der Waals surface area (Å²) in [6, 6.07) is 1.36. The van der Waals surface area contributed by atoms with Crippen molar-refractivity contribution in [2.24, 2.45) is 0 Å². The number of hydrogen-bond donors (Lipinski definition) is 1. The molecule has 1 aliphatic rings. The van der Waals surface area contributed by atoms with E-state index in [1.807, 2.05) is 0 Å². The van der Waals surface area contributed by atoms with Crippen LogP contribution in [0.2, 0.25) is 0 Å². The minimum atomic E-state index is -1.15. The highest BCUT2D eigenvalue weighted by Gasteiger charge is 2.07. The van der Waals surface area contributed by atoms with E-state index in [2.05, 4.69) is 5.32 Å². The maximum Gasteiger partial charge on any atom is 0.221 e. The normalized spacial score (nSPS) is 13.5. The minimum Gasteiger partial charge on any atom is -0.356 e. The van der Waals surface area contributed by atoms with Crippen LogP contribution in [0.4, 0.5) is 13.2 Å². The molecule has 1 saturated heterocycles. The van der Waals surface area contributed by atoms with Gasteiger partial charge in [0.05, 0.1) is 0 Å². The molecule has 1 aromatic carbocycles. The van der Waals surface area contributed by atoms with E-state index in [9.17, 15) is 18.0 Å². The lowest BCUT2D eigenvalue weighted by Crippen LogP contribution is -2.37. The second-order valence-electron chi connectivity index (χ2n) is 3.12. The van der Waals surface area contributed by atoms with Gasteiger partial charge in [-0.25, -0.2) is 13.2 Å². The molecule has 0 unspecified atom stereocenters. The molecule has 1 fully saturated rings. The molecule has 1 N–H and O–H groups in total. The first-order valence-corrected chi connectivity index (χ1v) is 4.38. The summed E-state index contributed by atoms with van der Waals surface area (Å²) in [5.74, 6) is -2.70. The van der Waals surface area contributed by atoms with Crippen LogP contribution in [0.25, 0.3) is 0 Å². The van der Waals surface area contributed by atoms with Crippen molar-refractivity contribution >= 4 is 5.91 Å². The number of β-lactam (4-membered cyclic amide) rings is 1. The number of halogens is 3. The molecule has 0 aliphatic carbocycles. The number of nitrogens with one attached hydrogen (secondary N) is 1. The zero-order chi connectivity index (χ0) is 11.4. The minimum absolute atomic E-state index is 0.110. The van der Waals surface area contributed by atoms with Crippen LogP contribution in [0.1, 0.15) is 12.0 Å². The van der Waals surface area contributed by atoms with Gasteiger partial charge in [0.2, 0.25) is 5.91 Å². The summed E-state index contributed by atoms with van der Waals surface area (Å²) in [5.41, 5.74) is 0.110. The van der Waals surface area contributed by atoms with Crippen molar-refractivity contribution in [3.05, 3.63) is 35.1 Å². The molecule has 5 heteroatoms. The third-order valence-corrected chi connectivity index (χ3v) is 1.88. The molecule has 0 spiro atoms. The molecule has 0 saturated carbocycles. The topological polar surface area (TPSA) is 29.1 Å².